The smallest absolute Gasteiger partial charge is 0.276 e. The van der Waals surface area contributed by atoms with Crippen molar-refractivity contribution in [3.8, 4) is 28.4 Å². The van der Waals surface area contributed by atoms with Crippen LogP contribution in [0.2, 0.25) is 0 Å². The van der Waals surface area contributed by atoms with Crippen LogP contribution in [0.4, 0.5) is 0 Å². The zero-order chi connectivity index (χ0) is 20.1. The van der Waals surface area contributed by atoms with E-state index in [1.807, 2.05) is 41.4 Å². The fourth-order valence-corrected chi connectivity index (χ4v) is 3.59. The molecule has 8 heteroatoms. The Hall–Kier alpha value is -3.81. The summed E-state index contributed by atoms with van der Waals surface area (Å²) < 4.78 is 9.03. The summed E-state index contributed by atoms with van der Waals surface area (Å²) in [6.07, 6.45) is 3.70. The molecule has 0 saturated carbocycles. The Labute approximate surface area is 166 Å². The molecular weight excluding hydrogens is 366 g/mol. The van der Waals surface area contributed by atoms with Crippen LogP contribution in [0.1, 0.15) is 22.8 Å². The van der Waals surface area contributed by atoms with E-state index in [1.54, 1.807) is 13.1 Å². The molecule has 0 N–H and O–H groups in total. The van der Waals surface area contributed by atoms with Crippen LogP contribution in [0.3, 0.4) is 0 Å². The van der Waals surface area contributed by atoms with Crippen LogP contribution in [0.5, 0.6) is 0 Å². The van der Waals surface area contributed by atoms with Gasteiger partial charge in [0.2, 0.25) is 0 Å². The molecule has 0 spiro atoms. The van der Waals surface area contributed by atoms with E-state index < -0.39 is 0 Å². The Balaban J connectivity index is 1.70. The minimum atomic E-state index is 0.406. The number of aryl methyl sites for hydroxylation is 4. The van der Waals surface area contributed by atoms with Gasteiger partial charge < -0.3 is 4.52 Å². The van der Waals surface area contributed by atoms with Crippen molar-refractivity contribution in [2.24, 2.45) is 0 Å². The first kappa shape index (κ1) is 17.3. The van der Waals surface area contributed by atoms with Gasteiger partial charge in [0.05, 0.1) is 11.4 Å². The first-order valence-electron chi connectivity index (χ1n) is 9.30. The minimum absolute atomic E-state index is 0.406. The van der Waals surface area contributed by atoms with E-state index in [4.69, 9.17) is 14.6 Å². The molecule has 0 fully saturated rings. The average molecular weight is 385 g/mol. The molecule has 8 nitrogen and oxygen atoms in total. The van der Waals surface area contributed by atoms with Crippen molar-refractivity contribution in [1.29, 1.82) is 0 Å². The van der Waals surface area contributed by atoms with Crippen LogP contribution in [0.25, 0.3) is 34.0 Å². The molecule has 0 radical (unpaired) electrons. The summed E-state index contributed by atoms with van der Waals surface area (Å²) in [7, 11) is 0. The van der Waals surface area contributed by atoms with Gasteiger partial charge in [-0.25, -0.2) is 14.2 Å². The third-order valence-corrected chi connectivity index (χ3v) is 4.94. The van der Waals surface area contributed by atoms with Crippen LogP contribution < -0.4 is 0 Å². The summed E-state index contributed by atoms with van der Waals surface area (Å²) in [6.45, 7) is 7.87. The standard InChI is InChI=1S/C21H19N7O/c1-12-10-16(27-9-5-8-22-27)6-7-17(12)19-14(3)25-28-13(2)11-18(24-20(19)28)21-23-15(4)26-29-21/h5-11H,1-4H3. The summed E-state index contributed by atoms with van der Waals surface area (Å²) in [4.78, 5) is 9.13. The van der Waals surface area contributed by atoms with Crippen LogP contribution in [-0.2, 0) is 0 Å². The van der Waals surface area contributed by atoms with Gasteiger partial charge in [0.1, 0.15) is 5.69 Å². The predicted octanol–water partition coefficient (Wildman–Crippen LogP) is 3.87. The maximum absolute atomic E-state index is 5.32. The van der Waals surface area contributed by atoms with Crippen LogP contribution in [0.15, 0.2) is 47.2 Å². The second kappa shape index (κ2) is 6.37. The van der Waals surface area contributed by atoms with Gasteiger partial charge in [-0.2, -0.15) is 15.2 Å². The van der Waals surface area contributed by atoms with Crippen LogP contribution in [0, 0.1) is 27.7 Å². The lowest BCUT2D eigenvalue weighted by Gasteiger charge is -2.09. The number of rotatable bonds is 3. The zero-order valence-electron chi connectivity index (χ0n) is 16.6. The molecule has 0 aliphatic rings. The van der Waals surface area contributed by atoms with Gasteiger partial charge in [0.15, 0.2) is 11.5 Å². The first-order chi connectivity index (χ1) is 14.0. The molecule has 5 aromatic rings. The maximum Gasteiger partial charge on any atom is 0.276 e. The molecule has 144 valence electrons. The molecule has 4 aromatic heterocycles. The zero-order valence-corrected chi connectivity index (χ0v) is 16.6. The SMILES string of the molecule is Cc1noc(-c2cc(C)n3nc(C)c(-c4ccc(-n5cccn5)cc4C)c3n2)n1. The lowest BCUT2D eigenvalue weighted by Crippen LogP contribution is -1.99. The second-order valence-corrected chi connectivity index (χ2v) is 7.08. The molecule has 0 bridgehead atoms. The molecule has 0 unspecified atom stereocenters. The predicted molar refractivity (Wildman–Crippen MR) is 108 cm³/mol. The largest absolute Gasteiger partial charge is 0.332 e. The maximum atomic E-state index is 5.32. The highest BCUT2D eigenvalue weighted by Crippen LogP contribution is 2.32. The van der Waals surface area contributed by atoms with Gasteiger partial charge in [0, 0.05) is 23.7 Å². The van der Waals surface area contributed by atoms with E-state index in [0.717, 1.165) is 39.4 Å². The van der Waals surface area contributed by atoms with Crippen molar-refractivity contribution >= 4 is 5.65 Å². The van der Waals surface area contributed by atoms with Crippen molar-refractivity contribution < 1.29 is 4.52 Å². The van der Waals surface area contributed by atoms with E-state index >= 15 is 0 Å². The van der Waals surface area contributed by atoms with E-state index in [-0.39, 0.29) is 0 Å². The highest BCUT2D eigenvalue weighted by atomic mass is 16.5. The molecule has 0 saturated heterocycles. The Kier molecular flexibility index (Phi) is 3.80. The molecule has 0 aliphatic carbocycles. The molecule has 4 heterocycles. The monoisotopic (exact) mass is 385 g/mol. The Morgan fingerprint density at radius 2 is 1.86 bits per heavy atom. The van der Waals surface area contributed by atoms with Gasteiger partial charge in [-0.3, -0.25) is 0 Å². The van der Waals surface area contributed by atoms with Crippen molar-refractivity contribution in [3.63, 3.8) is 0 Å². The van der Waals surface area contributed by atoms with Gasteiger partial charge in [-0.15, -0.1) is 0 Å². The Morgan fingerprint density at radius 3 is 2.55 bits per heavy atom. The number of fused-ring (bicyclic) bond motifs is 1. The van der Waals surface area contributed by atoms with Crippen LogP contribution >= 0.6 is 0 Å². The molecule has 0 atom stereocenters. The quantitative estimate of drug-likeness (QED) is 0.469. The fourth-order valence-electron chi connectivity index (χ4n) is 3.59. The number of hydrogen-bond donors (Lipinski definition) is 0. The summed E-state index contributed by atoms with van der Waals surface area (Å²) in [5.74, 6) is 0.984. The highest BCUT2D eigenvalue weighted by molar-refractivity contribution is 5.83. The lowest BCUT2D eigenvalue weighted by atomic mass is 10.00. The van der Waals surface area contributed by atoms with E-state index in [1.165, 1.54) is 0 Å². The lowest BCUT2D eigenvalue weighted by molar-refractivity contribution is 0.424. The molecule has 0 aliphatic heterocycles. The van der Waals surface area contributed by atoms with Gasteiger partial charge >= 0.3 is 0 Å². The first-order valence-corrected chi connectivity index (χ1v) is 9.30. The molecule has 29 heavy (non-hydrogen) atoms. The summed E-state index contributed by atoms with van der Waals surface area (Å²) in [6, 6.07) is 10.1. The fraction of sp³-hybridized carbons (Fsp3) is 0.190. The highest BCUT2D eigenvalue weighted by Gasteiger charge is 2.19. The summed E-state index contributed by atoms with van der Waals surface area (Å²) >= 11 is 0. The molecule has 0 amide bonds. The van der Waals surface area contributed by atoms with Gasteiger partial charge in [-0.1, -0.05) is 11.2 Å². The topological polar surface area (TPSA) is 86.9 Å². The van der Waals surface area contributed by atoms with E-state index in [0.29, 0.717) is 17.4 Å². The summed E-state index contributed by atoms with van der Waals surface area (Å²) in [5, 5.41) is 12.9. The number of aromatic nitrogens is 7. The molecule has 5 rings (SSSR count). The third kappa shape index (κ3) is 2.80. The summed E-state index contributed by atoms with van der Waals surface area (Å²) in [5.41, 5.74) is 7.47. The normalized spacial score (nSPS) is 11.4. The molecule has 1 aromatic carbocycles. The van der Waals surface area contributed by atoms with Crippen molar-refractivity contribution in [2.75, 3.05) is 0 Å². The average Bonchev–Trinajstić information content (AvgIpc) is 3.42. The van der Waals surface area contributed by atoms with Crippen molar-refractivity contribution in [2.45, 2.75) is 27.7 Å². The van der Waals surface area contributed by atoms with Crippen molar-refractivity contribution in [1.82, 2.24) is 34.5 Å². The number of benzene rings is 1. The Morgan fingerprint density at radius 1 is 1.00 bits per heavy atom. The minimum Gasteiger partial charge on any atom is -0.332 e. The number of nitrogens with zero attached hydrogens (tertiary/aromatic N) is 7. The third-order valence-electron chi connectivity index (χ3n) is 4.94. The van der Waals surface area contributed by atoms with Crippen LogP contribution in [-0.4, -0.2) is 34.5 Å². The number of hydrogen-bond acceptors (Lipinski definition) is 6. The van der Waals surface area contributed by atoms with E-state index in [2.05, 4.69) is 40.4 Å². The second-order valence-electron chi connectivity index (χ2n) is 7.08. The Bertz CT molecular complexity index is 1350. The van der Waals surface area contributed by atoms with Gasteiger partial charge in [0.25, 0.3) is 5.89 Å². The van der Waals surface area contributed by atoms with Crippen molar-refractivity contribution in [3.05, 3.63) is 65.5 Å². The van der Waals surface area contributed by atoms with Gasteiger partial charge in [-0.05, 0) is 63.1 Å². The van der Waals surface area contributed by atoms with E-state index in [9.17, 15) is 0 Å². The molecular formula is C21H19N7O.